The molecule has 0 radical (unpaired) electrons. The molecule has 0 spiro atoms. The molecular weight excluding hydrogens is 378 g/mol. The Bertz CT molecular complexity index is 714. The molecule has 0 saturated carbocycles. The Hall–Kier alpha value is -1.93. The van der Waals surface area contributed by atoms with Gasteiger partial charge >= 0.3 is 0 Å². The van der Waals surface area contributed by atoms with Crippen LogP contribution in [0.3, 0.4) is 0 Å². The summed E-state index contributed by atoms with van der Waals surface area (Å²) in [4.78, 5) is 13.3. The van der Waals surface area contributed by atoms with Gasteiger partial charge < -0.3 is 5.32 Å². The molecule has 0 aliphatic rings. The summed E-state index contributed by atoms with van der Waals surface area (Å²) in [7, 11) is 0. The fourth-order valence-corrected chi connectivity index (χ4v) is 4.32. The second kappa shape index (κ2) is 14.2. The fraction of sp³-hybridized carbons (Fsp3) is 0.552. The van der Waals surface area contributed by atoms with E-state index in [2.05, 4.69) is 82.9 Å². The normalized spacial score (nSPS) is 15.6. The van der Waals surface area contributed by atoms with Gasteiger partial charge in [-0.05, 0) is 48.8 Å². The number of unbranched alkanes of at least 4 members (excludes halogenated alkanes) is 1. The van der Waals surface area contributed by atoms with E-state index in [1.807, 2.05) is 25.1 Å². The molecule has 1 aromatic rings. The number of rotatable bonds is 15. The average molecular weight is 424 g/mol. The van der Waals surface area contributed by atoms with Crippen LogP contribution in [0.4, 0.5) is 0 Å². The number of hydrogen-bond donors (Lipinski definition) is 1. The predicted octanol–water partition coefficient (Wildman–Crippen LogP) is 7.42. The molecule has 31 heavy (non-hydrogen) atoms. The second-order valence-corrected chi connectivity index (χ2v) is 9.12. The van der Waals surface area contributed by atoms with Crippen molar-refractivity contribution in [3.05, 3.63) is 72.4 Å². The van der Waals surface area contributed by atoms with Crippen LogP contribution in [0.2, 0.25) is 0 Å². The maximum Gasteiger partial charge on any atom is 0.136 e. The highest BCUT2D eigenvalue weighted by Gasteiger charge is 2.33. The molecule has 3 unspecified atom stereocenters. The largest absolute Gasteiger partial charge is 0.314 e. The van der Waals surface area contributed by atoms with Crippen LogP contribution >= 0.6 is 0 Å². The maximum absolute atomic E-state index is 13.3. The maximum atomic E-state index is 13.3. The minimum absolute atomic E-state index is 0.0320. The number of hydrogen-bond acceptors (Lipinski definition) is 2. The average Bonchev–Trinajstić information content (AvgIpc) is 2.78. The van der Waals surface area contributed by atoms with Crippen LogP contribution in [0.1, 0.15) is 79.2 Å². The molecule has 0 aromatic heterocycles. The number of benzene rings is 1. The van der Waals surface area contributed by atoms with Crippen LogP contribution < -0.4 is 5.32 Å². The van der Waals surface area contributed by atoms with Crippen molar-refractivity contribution in [2.24, 2.45) is 11.8 Å². The van der Waals surface area contributed by atoms with Crippen LogP contribution in [-0.4, -0.2) is 18.4 Å². The molecule has 1 rings (SSSR count). The van der Waals surface area contributed by atoms with Crippen LogP contribution in [0.5, 0.6) is 0 Å². The van der Waals surface area contributed by atoms with E-state index in [0.29, 0.717) is 18.2 Å². The molecule has 2 nitrogen and oxygen atoms in total. The van der Waals surface area contributed by atoms with Gasteiger partial charge in [-0.15, -0.1) is 0 Å². The van der Waals surface area contributed by atoms with Crippen molar-refractivity contribution in [3.8, 4) is 0 Å². The van der Waals surface area contributed by atoms with Gasteiger partial charge in [0, 0.05) is 18.4 Å². The summed E-state index contributed by atoms with van der Waals surface area (Å²) < 4.78 is 0. The molecule has 0 saturated heterocycles. The topological polar surface area (TPSA) is 29.1 Å². The molecule has 3 atom stereocenters. The number of carbonyl (C=O) groups is 1. The summed E-state index contributed by atoms with van der Waals surface area (Å²) in [6, 6.07) is 10.8. The Morgan fingerprint density at radius 1 is 1.16 bits per heavy atom. The SMILES string of the molecule is C=C/C(=C\C=C/C)C(CCC(=O)C(C)C(C)(C)c1ccccc1)C(CCCC)NCC. The predicted molar refractivity (Wildman–Crippen MR) is 136 cm³/mol. The Morgan fingerprint density at radius 3 is 2.39 bits per heavy atom. The molecule has 1 aromatic carbocycles. The number of carbonyl (C=O) groups excluding carboxylic acids is 1. The molecule has 0 heterocycles. The third-order valence-electron chi connectivity index (χ3n) is 6.75. The summed E-state index contributed by atoms with van der Waals surface area (Å²) in [5.41, 5.74) is 2.27. The summed E-state index contributed by atoms with van der Waals surface area (Å²) in [6.45, 7) is 17.9. The first-order valence-corrected chi connectivity index (χ1v) is 12.1. The molecule has 0 aliphatic carbocycles. The van der Waals surface area contributed by atoms with E-state index in [4.69, 9.17) is 0 Å². The zero-order chi connectivity index (χ0) is 23.3. The van der Waals surface area contributed by atoms with Gasteiger partial charge in [0.05, 0.1) is 0 Å². The molecule has 0 amide bonds. The minimum atomic E-state index is -0.181. The van der Waals surface area contributed by atoms with Crippen molar-refractivity contribution < 1.29 is 4.79 Å². The highest BCUT2D eigenvalue weighted by molar-refractivity contribution is 5.82. The number of Topliss-reactive ketones (excluding diaryl/α,β-unsaturated/α-hetero) is 1. The number of nitrogens with one attached hydrogen (secondary N) is 1. The van der Waals surface area contributed by atoms with Gasteiger partial charge in [0.2, 0.25) is 0 Å². The highest BCUT2D eigenvalue weighted by Crippen LogP contribution is 2.34. The summed E-state index contributed by atoms with van der Waals surface area (Å²) >= 11 is 0. The smallest absolute Gasteiger partial charge is 0.136 e. The first kappa shape index (κ1) is 27.1. The molecule has 2 heteroatoms. The van der Waals surface area contributed by atoms with Crippen LogP contribution in [-0.2, 0) is 10.2 Å². The van der Waals surface area contributed by atoms with Gasteiger partial charge in [-0.2, -0.15) is 0 Å². The van der Waals surface area contributed by atoms with Crippen molar-refractivity contribution in [2.45, 2.75) is 85.1 Å². The molecule has 0 fully saturated rings. The zero-order valence-electron chi connectivity index (χ0n) is 20.8. The lowest BCUT2D eigenvalue weighted by atomic mass is 9.71. The van der Waals surface area contributed by atoms with Gasteiger partial charge in [0.25, 0.3) is 0 Å². The quantitative estimate of drug-likeness (QED) is 0.297. The summed E-state index contributed by atoms with van der Waals surface area (Å²) in [5, 5.41) is 3.69. The molecule has 0 bridgehead atoms. The third-order valence-corrected chi connectivity index (χ3v) is 6.75. The Morgan fingerprint density at radius 2 is 1.84 bits per heavy atom. The fourth-order valence-electron chi connectivity index (χ4n) is 4.32. The van der Waals surface area contributed by atoms with Crippen molar-refractivity contribution in [1.82, 2.24) is 5.32 Å². The second-order valence-electron chi connectivity index (χ2n) is 9.12. The minimum Gasteiger partial charge on any atom is -0.314 e. The molecule has 0 aliphatic heterocycles. The Kier molecular flexibility index (Phi) is 12.4. The van der Waals surface area contributed by atoms with Crippen molar-refractivity contribution in [3.63, 3.8) is 0 Å². The van der Waals surface area contributed by atoms with Crippen LogP contribution in [0, 0.1) is 11.8 Å². The van der Waals surface area contributed by atoms with E-state index < -0.39 is 0 Å². The van der Waals surface area contributed by atoms with Crippen molar-refractivity contribution in [2.75, 3.05) is 6.54 Å². The lowest BCUT2D eigenvalue weighted by molar-refractivity contribution is -0.124. The van der Waals surface area contributed by atoms with E-state index in [0.717, 1.165) is 19.4 Å². The van der Waals surface area contributed by atoms with E-state index >= 15 is 0 Å². The van der Waals surface area contributed by atoms with Gasteiger partial charge in [0.15, 0.2) is 0 Å². The van der Waals surface area contributed by atoms with E-state index in [1.165, 1.54) is 24.0 Å². The molecular formula is C29H45NO. The molecule has 172 valence electrons. The van der Waals surface area contributed by atoms with Crippen LogP contribution in [0.15, 0.2) is 66.8 Å². The van der Waals surface area contributed by atoms with E-state index in [1.54, 1.807) is 0 Å². The van der Waals surface area contributed by atoms with Gasteiger partial charge in [-0.3, -0.25) is 4.79 Å². The highest BCUT2D eigenvalue weighted by atomic mass is 16.1. The van der Waals surface area contributed by atoms with E-state index in [9.17, 15) is 4.79 Å². The lowest BCUT2D eigenvalue weighted by Gasteiger charge is -2.33. The van der Waals surface area contributed by atoms with Crippen molar-refractivity contribution >= 4 is 5.78 Å². The zero-order valence-corrected chi connectivity index (χ0v) is 20.8. The Labute approximate surface area is 191 Å². The lowest BCUT2D eigenvalue weighted by Crippen LogP contribution is -2.38. The molecule has 1 N–H and O–H groups in total. The number of allylic oxidation sites excluding steroid dienone is 4. The van der Waals surface area contributed by atoms with Gasteiger partial charge in [-0.1, -0.05) is 109 Å². The Balaban J connectivity index is 3.04. The van der Waals surface area contributed by atoms with Gasteiger partial charge in [-0.25, -0.2) is 0 Å². The standard InChI is InChI=1S/C29H45NO/c1-8-12-17-24(10-3)26(27(30-11-4)20-13-9-2)21-22-28(31)23(5)29(6,7)25-18-15-14-16-19-25/h8,10,12,14-19,23,26-27,30H,3,9,11,13,20-22H2,1-2,4-7H3/b12-8-,24-17+. The van der Waals surface area contributed by atoms with Gasteiger partial charge in [0.1, 0.15) is 5.78 Å². The number of ketones is 1. The summed E-state index contributed by atoms with van der Waals surface area (Å²) in [5.74, 6) is 0.603. The van der Waals surface area contributed by atoms with Crippen LogP contribution in [0.25, 0.3) is 0 Å². The first-order chi connectivity index (χ1) is 14.8. The first-order valence-electron chi connectivity index (χ1n) is 12.1. The third kappa shape index (κ3) is 8.26. The van der Waals surface area contributed by atoms with Crippen molar-refractivity contribution in [1.29, 1.82) is 0 Å². The summed E-state index contributed by atoms with van der Waals surface area (Å²) in [6.07, 6.45) is 13.2. The van der Waals surface area contributed by atoms with E-state index in [-0.39, 0.29) is 17.3 Å². The monoisotopic (exact) mass is 423 g/mol.